The maximum Gasteiger partial charge on any atom is 0.159 e. The molecule has 3 heteroatoms. The summed E-state index contributed by atoms with van der Waals surface area (Å²) in [6.45, 7) is 3.41. The van der Waals surface area contributed by atoms with E-state index in [4.69, 9.17) is 11.6 Å². The quantitative estimate of drug-likeness (QED) is 0.761. The summed E-state index contributed by atoms with van der Waals surface area (Å²) < 4.78 is 0. The maximum atomic E-state index is 11.4. The fourth-order valence-corrected chi connectivity index (χ4v) is 3.19. The average molecular weight is 300 g/mol. The van der Waals surface area contributed by atoms with Gasteiger partial charge in [-0.1, -0.05) is 35.9 Å². The number of hydrogen-bond acceptors (Lipinski definition) is 2. The Bertz CT molecular complexity index is 681. The van der Waals surface area contributed by atoms with Crippen molar-refractivity contribution in [3.05, 3.63) is 64.2 Å². The van der Waals surface area contributed by atoms with Crippen LogP contribution >= 0.6 is 11.6 Å². The van der Waals surface area contributed by atoms with Crippen LogP contribution in [0.15, 0.2) is 42.5 Å². The Hall–Kier alpha value is -1.80. The highest BCUT2D eigenvalue weighted by atomic mass is 35.5. The molecule has 2 nitrogen and oxygen atoms in total. The smallest absolute Gasteiger partial charge is 0.159 e. The van der Waals surface area contributed by atoms with E-state index < -0.39 is 0 Å². The number of carbonyl (C=O) groups excluding carboxylic acids is 1. The first-order chi connectivity index (χ1) is 10.1. The van der Waals surface area contributed by atoms with E-state index in [0.29, 0.717) is 10.6 Å². The van der Waals surface area contributed by atoms with E-state index in [0.717, 1.165) is 31.6 Å². The Kier molecular flexibility index (Phi) is 3.98. The SMILES string of the molecule is CC(=O)c1ccc(N2CCCc3ccccc3C2)c(Cl)c1. The van der Waals surface area contributed by atoms with Crippen molar-refractivity contribution < 1.29 is 4.79 Å². The molecule has 0 N–H and O–H groups in total. The Morgan fingerprint density at radius 3 is 2.62 bits per heavy atom. The van der Waals surface area contributed by atoms with Crippen LogP contribution in [0.25, 0.3) is 0 Å². The van der Waals surface area contributed by atoms with Crippen LogP contribution in [-0.4, -0.2) is 12.3 Å². The summed E-state index contributed by atoms with van der Waals surface area (Å²) in [7, 11) is 0. The van der Waals surface area contributed by atoms with Gasteiger partial charge in [0.2, 0.25) is 0 Å². The van der Waals surface area contributed by atoms with Gasteiger partial charge in [0.25, 0.3) is 0 Å². The number of nitrogens with zero attached hydrogens (tertiary/aromatic N) is 1. The molecule has 1 aliphatic heterocycles. The van der Waals surface area contributed by atoms with Gasteiger partial charge in [-0.25, -0.2) is 0 Å². The third kappa shape index (κ3) is 2.96. The van der Waals surface area contributed by atoms with Gasteiger partial charge in [0.15, 0.2) is 5.78 Å². The minimum atomic E-state index is 0.0460. The molecule has 0 bridgehead atoms. The second-order valence-electron chi connectivity index (χ2n) is 5.52. The summed E-state index contributed by atoms with van der Waals surface area (Å²) in [5.41, 5.74) is 4.47. The Labute approximate surface area is 130 Å². The lowest BCUT2D eigenvalue weighted by Gasteiger charge is -2.24. The zero-order valence-electron chi connectivity index (χ0n) is 12.1. The van der Waals surface area contributed by atoms with Gasteiger partial charge in [-0.15, -0.1) is 0 Å². The lowest BCUT2D eigenvalue weighted by molar-refractivity contribution is 0.101. The fourth-order valence-electron chi connectivity index (χ4n) is 2.89. The molecule has 0 aromatic heterocycles. The molecule has 0 fully saturated rings. The fraction of sp³-hybridized carbons (Fsp3) is 0.278. The van der Waals surface area contributed by atoms with Crippen molar-refractivity contribution in [2.24, 2.45) is 0 Å². The zero-order chi connectivity index (χ0) is 14.8. The van der Waals surface area contributed by atoms with E-state index in [1.54, 1.807) is 13.0 Å². The Balaban J connectivity index is 1.92. The molecule has 0 saturated carbocycles. The molecule has 1 heterocycles. The first-order valence-corrected chi connectivity index (χ1v) is 7.65. The third-order valence-corrected chi connectivity index (χ3v) is 4.35. The number of hydrogen-bond donors (Lipinski definition) is 0. The van der Waals surface area contributed by atoms with Crippen LogP contribution in [0.3, 0.4) is 0 Å². The number of fused-ring (bicyclic) bond motifs is 1. The molecule has 3 rings (SSSR count). The summed E-state index contributed by atoms with van der Waals surface area (Å²) in [6.07, 6.45) is 2.22. The van der Waals surface area contributed by atoms with Gasteiger partial charge in [-0.2, -0.15) is 0 Å². The molecule has 0 spiro atoms. The van der Waals surface area contributed by atoms with Crippen molar-refractivity contribution in [1.82, 2.24) is 0 Å². The second-order valence-corrected chi connectivity index (χ2v) is 5.92. The zero-order valence-corrected chi connectivity index (χ0v) is 12.9. The van der Waals surface area contributed by atoms with Crippen molar-refractivity contribution in [3.8, 4) is 0 Å². The van der Waals surface area contributed by atoms with E-state index in [1.165, 1.54) is 11.1 Å². The van der Waals surface area contributed by atoms with Crippen LogP contribution in [0.4, 0.5) is 5.69 Å². The van der Waals surface area contributed by atoms with Crippen molar-refractivity contribution >= 4 is 23.1 Å². The first kappa shape index (κ1) is 14.2. The Morgan fingerprint density at radius 2 is 1.90 bits per heavy atom. The third-order valence-electron chi connectivity index (χ3n) is 4.05. The second kappa shape index (κ2) is 5.90. The standard InChI is InChI=1S/C18H18ClNO/c1-13(21)15-8-9-18(17(19)11-15)20-10-4-7-14-5-2-3-6-16(14)12-20/h2-3,5-6,8-9,11H,4,7,10,12H2,1H3. The van der Waals surface area contributed by atoms with Gasteiger partial charge in [0, 0.05) is 18.7 Å². The van der Waals surface area contributed by atoms with E-state index in [9.17, 15) is 4.79 Å². The molecule has 0 aliphatic carbocycles. The number of rotatable bonds is 2. The summed E-state index contributed by atoms with van der Waals surface area (Å²) in [5.74, 6) is 0.0460. The highest BCUT2D eigenvalue weighted by Crippen LogP contribution is 2.30. The molecule has 108 valence electrons. The summed E-state index contributed by atoms with van der Waals surface area (Å²) in [6, 6.07) is 14.2. The predicted octanol–water partition coefficient (Wildman–Crippen LogP) is 4.50. The number of benzene rings is 2. The van der Waals surface area contributed by atoms with Crippen molar-refractivity contribution in [3.63, 3.8) is 0 Å². The molecule has 21 heavy (non-hydrogen) atoms. The number of ketones is 1. The van der Waals surface area contributed by atoms with Gasteiger partial charge in [-0.05, 0) is 49.1 Å². The molecule has 0 unspecified atom stereocenters. The number of carbonyl (C=O) groups is 1. The van der Waals surface area contributed by atoms with E-state index in [-0.39, 0.29) is 5.78 Å². The van der Waals surface area contributed by atoms with E-state index in [2.05, 4.69) is 29.2 Å². The normalized spacial score (nSPS) is 14.5. The molecule has 1 aliphatic rings. The lowest BCUT2D eigenvalue weighted by Crippen LogP contribution is -2.22. The highest BCUT2D eigenvalue weighted by molar-refractivity contribution is 6.33. The van der Waals surface area contributed by atoms with Crippen LogP contribution in [0.1, 0.15) is 34.8 Å². The number of Topliss-reactive ketones (excluding diaryl/α,β-unsaturated/α-hetero) is 1. The van der Waals surface area contributed by atoms with Gasteiger partial charge < -0.3 is 4.90 Å². The molecular weight excluding hydrogens is 282 g/mol. The number of halogens is 1. The predicted molar refractivity (Wildman–Crippen MR) is 87.3 cm³/mol. The summed E-state index contributed by atoms with van der Waals surface area (Å²) in [4.78, 5) is 13.7. The summed E-state index contributed by atoms with van der Waals surface area (Å²) in [5, 5.41) is 0.655. The van der Waals surface area contributed by atoms with Crippen LogP contribution in [0.5, 0.6) is 0 Å². The highest BCUT2D eigenvalue weighted by Gasteiger charge is 2.17. The molecule has 0 saturated heterocycles. The lowest BCUT2D eigenvalue weighted by atomic mass is 10.0. The van der Waals surface area contributed by atoms with Crippen LogP contribution in [0, 0.1) is 0 Å². The molecule has 0 radical (unpaired) electrons. The molecule has 2 aromatic rings. The van der Waals surface area contributed by atoms with E-state index in [1.807, 2.05) is 12.1 Å². The topological polar surface area (TPSA) is 20.3 Å². The first-order valence-electron chi connectivity index (χ1n) is 7.27. The van der Waals surface area contributed by atoms with Gasteiger partial charge in [-0.3, -0.25) is 4.79 Å². The van der Waals surface area contributed by atoms with Crippen molar-refractivity contribution in [2.45, 2.75) is 26.3 Å². The number of aryl methyl sites for hydroxylation is 1. The monoisotopic (exact) mass is 299 g/mol. The number of anilines is 1. The van der Waals surface area contributed by atoms with Gasteiger partial charge >= 0.3 is 0 Å². The molecule has 0 amide bonds. The molecular formula is C18H18ClNO. The van der Waals surface area contributed by atoms with Crippen LogP contribution in [-0.2, 0) is 13.0 Å². The van der Waals surface area contributed by atoms with E-state index >= 15 is 0 Å². The summed E-state index contributed by atoms with van der Waals surface area (Å²) >= 11 is 6.39. The maximum absolute atomic E-state index is 11.4. The molecule has 0 atom stereocenters. The van der Waals surface area contributed by atoms with Gasteiger partial charge in [0.05, 0.1) is 10.7 Å². The minimum absolute atomic E-state index is 0.0460. The average Bonchev–Trinajstić information content (AvgIpc) is 2.69. The Morgan fingerprint density at radius 1 is 1.14 bits per heavy atom. The van der Waals surface area contributed by atoms with Crippen molar-refractivity contribution in [2.75, 3.05) is 11.4 Å². The molecule has 2 aromatic carbocycles. The van der Waals surface area contributed by atoms with Crippen LogP contribution < -0.4 is 4.90 Å². The van der Waals surface area contributed by atoms with Crippen molar-refractivity contribution in [1.29, 1.82) is 0 Å². The van der Waals surface area contributed by atoms with Gasteiger partial charge in [0.1, 0.15) is 0 Å². The minimum Gasteiger partial charge on any atom is -0.366 e. The van der Waals surface area contributed by atoms with Crippen LogP contribution in [0.2, 0.25) is 5.02 Å². The largest absolute Gasteiger partial charge is 0.366 e.